The van der Waals surface area contributed by atoms with E-state index in [1.165, 1.54) is 0 Å². The highest BCUT2D eigenvalue weighted by Gasteiger charge is 2.37. The van der Waals surface area contributed by atoms with Crippen LogP contribution in [0.5, 0.6) is 0 Å². The zero-order valence-corrected chi connectivity index (χ0v) is 9.07. The van der Waals surface area contributed by atoms with E-state index in [-0.39, 0.29) is 17.9 Å². The number of piperazine rings is 1. The van der Waals surface area contributed by atoms with E-state index in [9.17, 15) is 4.79 Å². The van der Waals surface area contributed by atoms with Gasteiger partial charge in [-0.3, -0.25) is 9.69 Å². The second-order valence-corrected chi connectivity index (χ2v) is 4.44. The van der Waals surface area contributed by atoms with Crippen LogP contribution in [0.15, 0.2) is 0 Å². The molecule has 3 unspecified atom stereocenters. The van der Waals surface area contributed by atoms with Gasteiger partial charge in [-0.05, 0) is 19.8 Å². The van der Waals surface area contributed by atoms with E-state index < -0.39 is 0 Å². The maximum atomic E-state index is 11.5. The van der Waals surface area contributed by atoms with Crippen molar-refractivity contribution >= 4 is 5.91 Å². The molecule has 0 spiro atoms. The normalized spacial score (nSPS) is 37.3. The number of hydrogen-bond donors (Lipinski definition) is 1. The van der Waals surface area contributed by atoms with Crippen LogP contribution < -0.4 is 5.32 Å². The van der Waals surface area contributed by atoms with Crippen molar-refractivity contribution in [1.29, 1.82) is 5.26 Å². The average molecular weight is 207 g/mol. The molecule has 0 bridgehead atoms. The maximum absolute atomic E-state index is 11.5. The van der Waals surface area contributed by atoms with Gasteiger partial charge in [-0.1, -0.05) is 6.42 Å². The van der Waals surface area contributed by atoms with Crippen LogP contribution in [0.1, 0.15) is 26.2 Å². The minimum atomic E-state index is -0.0716. The van der Waals surface area contributed by atoms with Crippen LogP contribution in [0.3, 0.4) is 0 Å². The van der Waals surface area contributed by atoms with Crippen LogP contribution in [-0.4, -0.2) is 36.0 Å². The van der Waals surface area contributed by atoms with Crippen LogP contribution in [0, 0.1) is 17.2 Å². The number of nitrogens with zero attached hydrogens (tertiary/aromatic N) is 2. The van der Waals surface area contributed by atoms with Crippen molar-refractivity contribution in [2.24, 2.45) is 5.92 Å². The summed E-state index contributed by atoms with van der Waals surface area (Å²) in [5.74, 6) is 0.225. The summed E-state index contributed by atoms with van der Waals surface area (Å²) >= 11 is 0. The molecule has 2 fully saturated rings. The van der Waals surface area contributed by atoms with E-state index in [1.807, 2.05) is 6.92 Å². The fourth-order valence-electron chi connectivity index (χ4n) is 2.74. The lowest BCUT2D eigenvalue weighted by molar-refractivity contribution is -0.129. The van der Waals surface area contributed by atoms with Gasteiger partial charge < -0.3 is 5.32 Å². The Morgan fingerprint density at radius 3 is 3.07 bits per heavy atom. The number of amides is 1. The van der Waals surface area contributed by atoms with E-state index in [2.05, 4.69) is 16.3 Å². The summed E-state index contributed by atoms with van der Waals surface area (Å²) < 4.78 is 0. The number of hydrogen-bond acceptors (Lipinski definition) is 3. The Balaban J connectivity index is 2.09. The van der Waals surface area contributed by atoms with Crippen molar-refractivity contribution in [2.45, 2.75) is 38.3 Å². The molecule has 1 amide bonds. The van der Waals surface area contributed by atoms with Crippen LogP contribution in [0.2, 0.25) is 0 Å². The van der Waals surface area contributed by atoms with Gasteiger partial charge in [0, 0.05) is 19.1 Å². The SMILES string of the molecule is CC1C(=O)NCCN1C1CCCC1C#N. The van der Waals surface area contributed by atoms with Crippen molar-refractivity contribution in [3.05, 3.63) is 0 Å². The molecule has 1 saturated heterocycles. The number of carbonyl (C=O) groups excluding carboxylic acids is 1. The molecular formula is C11H17N3O. The van der Waals surface area contributed by atoms with Gasteiger partial charge in [-0.2, -0.15) is 5.26 Å². The number of rotatable bonds is 1. The van der Waals surface area contributed by atoms with Crippen LogP contribution in [0.25, 0.3) is 0 Å². The van der Waals surface area contributed by atoms with Crippen molar-refractivity contribution < 1.29 is 4.79 Å². The second-order valence-electron chi connectivity index (χ2n) is 4.44. The Labute approximate surface area is 90.2 Å². The second kappa shape index (κ2) is 4.19. The fraction of sp³-hybridized carbons (Fsp3) is 0.818. The molecule has 2 rings (SSSR count). The van der Waals surface area contributed by atoms with E-state index in [4.69, 9.17) is 5.26 Å². The Kier molecular flexibility index (Phi) is 2.92. The van der Waals surface area contributed by atoms with Crippen molar-refractivity contribution in [3.63, 3.8) is 0 Å². The fourth-order valence-corrected chi connectivity index (χ4v) is 2.74. The molecule has 1 saturated carbocycles. The summed E-state index contributed by atoms with van der Waals surface area (Å²) in [5, 5.41) is 11.9. The summed E-state index contributed by atoms with van der Waals surface area (Å²) in [4.78, 5) is 13.7. The first kappa shape index (κ1) is 10.4. The van der Waals surface area contributed by atoms with Gasteiger partial charge in [0.1, 0.15) is 0 Å². The topological polar surface area (TPSA) is 56.1 Å². The molecule has 3 atom stereocenters. The van der Waals surface area contributed by atoms with E-state index in [1.54, 1.807) is 0 Å². The lowest BCUT2D eigenvalue weighted by Crippen LogP contribution is -2.57. The summed E-state index contributed by atoms with van der Waals surface area (Å²) in [6.45, 7) is 3.54. The lowest BCUT2D eigenvalue weighted by atomic mass is 10.0. The van der Waals surface area contributed by atoms with Gasteiger partial charge in [0.05, 0.1) is 18.0 Å². The summed E-state index contributed by atoms with van der Waals surface area (Å²) in [5.41, 5.74) is 0. The van der Waals surface area contributed by atoms with E-state index in [0.717, 1.165) is 32.4 Å². The Hall–Kier alpha value is -1.08. The quantitative estimate of drug-likeness (QED) is 0.681. The minimum absolute atomic E-state index is 0.0716. The largest absolute Gasteiger partial charge is 0.353 e. The first-order chi connectivity index (χ1) is 7.24. The van der Waals surface area contributed by atoms with Gasteiger partial charge in [-0.15, -0.1) is 0 Å². The van der Waals surface area contributed by atoms with E-state index in [0.29, 0.717) is 6.04 Å². The summed E-state index contributed by atoms with van der Waals surface area (Å²) in [6, 6.07) is 2.60. The summed E-state index contributed by atoms with van der Waals surface area (Å²) in [6.07, 6.45) is 3.18. The van der Waals surface area contributed by atoms with Crippen LogP contribution >= 0.6 is 0 Å². The molecule has 4 nitrogen and oxygen atoms in total. The predicted molar refractivity (Wildman–Crippen MR) is 55.9 cm³/mol. The molecule has 1 aliphatic heterocycles. The maximum Gasteiger partial charge on any atom is 0.237 e. The highest BCUT2D eigenvalue weighted by atomic mass is 16.2. The van der Waals surface area contributed by atoms with Crippen LogP contribution in [-0.2, 0) is 4.79 Å². The standard InChI is InChI=1S/C11H17N3O/c1-8-11(15)13-5-6-14(8)10-4-2-3-9(10)7-12/h8-10H,2-6H2,1H3,(H,13,15). The molecule has 15 heavy (non-hydrogen) atoms. The molecular weight excluding hydrogens is 190 g/mol. The molecule has 1 aliphatic carbocycles. The van der Waals surface area contributed by atoms with Crippen molar-refractivity contribution in [2.75, 3.05) is 13.1 Å². The molecule has 82 valence electrons. The Bertz CT molecular complexity index is 297. The highest BCUT2D eigenvalue weighted by Crippen LogP contribution is 2.31. The van der Waals surface area contributed by atoms with Gasteiger partial charge in [0.25, 0.3) is 0 Å². The third-order valence-electron chi connectivity index (χ3n) is 3.62. The van der Waals surface area contributed by atoms with Gasteiger partial charge in [0.2, 0.25) is 5.91 Å². The monoisotopic (exact) mass is 207 g/mol. The first-order valence-corrected chi connectivity index (χ1v) is 5.67. The Morgan fingerprint density at radius 2 is 2.33 bits per heavy atom. The highest BCUT2D eigenvalue weighted by molar-refractivity contribution is 5.82. The Morgan fingerprint density at radius 1 is 1.53 bits per heavy atom. The first-order valence-electron chi connectivity index (χ1n) is 5.67. The van der Waals surface area contributed by atoms with E-state index >= 15 is 0 Å². The zero-order valence-electron chi connectivity index (χ0n) is 9.07. The van der Waals surface area contributed by atoms with Crippen molar-refractivity contribution in [1.82, 2.24) is 10.2 Å². The smallest absolute Gasteiger partial charge is 0.237 e. The number of carbonyl (C=O) groups is 1. The molecule has 0 aromatic rings. The lowest BCUT2D eigenvalue weighted by Gasteiger charge is -2.38. The average Bonchev–Trinajstić information content (AvgIpc) is 2.70. The van der Waals surface area contributed by atoms with Crippen LogP contribution in [0.4, 0.5) is 0 Å². The third-order valence-corrected chi connectivity index (χ3v) is 3.62. The van der Waals surface area contributed by atoms with Gasteiger partial charge in [0.15, 0.2) is 0 Å². The molecule has 0 radical (unpaired) electrons. The molecule has 0 aromatic heterocycles. The molecule has 1 N–H and O–H groups in total. The summed E-state index contributed by atoms with van der Waals surface area (Å²) in [7, 11) is 0. The van der Waals surface area contributed by atoms with Gasteiger partial charge in [-0.25, -0.2) is 0 Å². The number of nitriles is 1. The van der Waals surface area contributed by atoms with Crippen molar-refractivity contribution in [3.8, 4) is 6.07 Å². The molecule has 2 aliphatic rings. The third kappa shape index (κ3) is 1.84. The molecule has 0 aromatic carbocycles. The number of nitrogens with one attached hydrogen (secondary N) is 1. The minimum Gasteiger partial charge on any atom is -0.353 e. The van der Waals surface area contributed by atoms with Gasteiger partial charge >= 0.3 is 0 Å². The predicted octanol–water partition coefficient (Wildman–Crippen LogP) is 0.499. The molecule has 4 heteroatoms. The molecule has 1 heterocycles. The zero-order chi connectivity index (χ0) is 10.8.